The molecule has 0 radical (unpaired) electrons. The van der Waals surface area contributed by atoms with Gasteiger partial charge < -0.3 is 4.74 Å². The van der Waals surface area contributed by atoms with Crippen molar-refractivity contribution in [2.45, 2.75) is 6.92 Å². The highest BCUT2D eigenvalue weighted by Gasteiger charge is 2.12. The summed E-state index contributed by atoms with van der Waals surface area (Å²) in [5, 5.41) is 0. The Kier molecular flexibility index (Phi) is 3.82. The Morgan fingerprint density at radius 2 is 1.78 bits per heavy atom. The fourth-order valence-corrected chi connectivity index (χ4v) is 2.38. The number of hydrogen-bond donors (Lipinski definition) is 0. The zero-order valence-corrected chi connectivity index (χ0v) is 11.8. The molecule has 0 aliphatic heterocycles. The third-order valence-electron chi connectivity index (χ3n) is 2.72. The zero-order valence-electron chi connectivity index (χ0n) is 10.2. The first-order chi connectivity index (χ1) is 8.61. The number of hydrogen-bond acceptors (Lipinski definition) is 2. The number of methoxy groups -OCH3 is 1. The lowest BCUT2D eigenvalue weighted by molar-refractivity contribution is 0.103. The number of aryl methyl sites for hydroxylation is 1. The topological polar surface area (TPSA) is 26.3 Å². The Labute approximate surface area is 115 Å². The average molecular weight is 305 g/mol. The Balaban J connectivity index is 2.35. The normalized spacial score (nSPS) is 10.2. The quantitative estimate of drug-likeness (QED) is 0.801. The van der Waals surface area contributed by atoms with Crippen molar-refractivity contribution in [3.05, 3.63) is 63.6 Å². The van der Waals surface area contributed by atoms with Crippen molar-refractivity contribution in [3.8, 4) is 5.75 Å². The Bertz CT molecular complexity index is 574. The summed E-state index contributed by atoms with van der Waals surface area (Å²) in [6.07, 6.45) is 0. The molecule has 0 saturated heterocycles. The van der Waals surface area contributed by atoms with Gasteiger partial charge in [0.15, 0.2) is 5.78 Å². The molecule has 0 saturated carbocycles. The molecular weight excluding hydrogens is 292 g/mol. The van der Waals surface area contributed by atoms with E-state index in [2.05, 4.69) is 15.9 Å². The van der Waals surface area contributed by atoms with E-state index in [1.807, 2.05) is 25.1 Å². The molecule has 2 rings (SSSR count). The largest absolute Gasteiger partial charge is 0.497 e. The van der Waals surface area contributed by atoms with Crippen LogP contribution in [-0.4, -0.2) is 12.9 Å². The lowest BCUT2D eigenvalue weighted by atomic mass is 10.0. The number of rotatable bonds is 3. The van der Waals surface area contributed by atoms with E-state index in [0.717, 1.165) is 15.8 Å². The number of carbonyl (C=O) groups excluding carboxylic acids is 1. The number of carbonyl (C=O) groups is 1. The van der Waals surface area contributed by atoms with E-state index in [0.29, 0.717) is 11.1 Å². The first kappa shape index (κ1) is 12.8. The van der Waals surface area contributed by atoms with Gasteiger partial charge in [-0.25, -0.2) is 0 Å². The summed E-state index contributed by atoms with van der Waals surface area (Å²) < 4.78 is 5.90. The predicted octanol–water partition coefficient (Wildman–Crippen LogP) is 4.00. The summed E-state index contributed by atoms with van der Waals surface area (Å²) in [4.78, 5) is 12.3. The maximum atomic E-state index is 12.3. The van der Waals surface area contributed by atoms with E-state index in [-0.39, 0.29) is 5.78 Å². The third-order valence-corrected chi connectivity index (χ3v) is 3.38. The van der Waals surface area contributed by atoms with E-state index < -0.39 is 0 Å². The van der Waals surface area contributed by atoms with E-state index in [9.17, 15) is 4.79 Å². The molecule has 0 heterocycles. The second-order valence-electron chi connectivity index (χ2n) is 4.04. The van der Waals surface area contributed by atoms with E-state index in [1.165, 1.54) is 0 Å². The molecule has 0 amide bonds. The smallest absolute Gasteiger partial charge is 0.194 e. The van der Waals surface area contributed by atoms with Crippen LogP contribution in [0.5, 0.6) is 5.75 Å². The second kappa shape index (κ2) is 5.36. The number of benzene rings is 2. The maximum Gasteiger partial charge on any atom is 0.194 e. The summed E-state index contributed by atoms with van der Waals surface area (Å²) in [6.45, 7) is 1.99. The average Bonchev–Trinajstić information content (AvgIpc) is 2.38. The van der Waals surface area contributed by atoms with Crippen LogP contribution in [0.2, 0.25) is 0 Å². The molecule has 18 heavy (non-hydrogen) atoms. The molecule has 0 unspecified atom stereocenters. The van der Waals surface area contributed by atoms with Crippen LogP contribution in [0, 0.1) is 6.92 Å². The molecule has 2 aromatic carbocycles. The van der Waals surface area contributed by atoms with Gasteiger partial charge in [0.05, 0.1) is 7.11 Å². The first-order valence-electron chi connectivity index (χ1n) is 5.56. The molecule has 0 N–H and O–H groups in total. The summed E-state index contributed by atoms with van der Waals surface area (Å²) in [5.41, 5.74) is 2.44. The number of ether oxygens (including phenoxy) is 1. The Hall–Kier alpha value is -1.61. The van der Waals surface area contributed by atoms with Gasteiger partial charge in [0.2, 0.25) is 0 Å². The lowest BCUT2D eigenvalue weighted by Gasteiger charge is -2.06. The van der Waals surface area contributed by atoms with Crippen LogP contribution in [0.15, 0.2) is 46.9 Å². The maximum absolute atomic E-state index is 12.3. The molecule has 0 fully saturated rings. The zero-order chi connectivity index (χ0) is 13.1. The molecule has 0 bridgehead atoms. The van der Waals surface area contributed by atoms with Crippen LogP contribution >= 0.6 is 15.9 Å². The minimum Gasteiger partial charge on any atom is -0.497 e. The molecule has 92 valence electrons. The Morgan fingerprint density at radius 1 is 1.11 bits per heavy atom. The van der Waals surface area contributed by atoms with Gasteiger partial charge in [0, 0.05) is 15.6 Å². The molecule has 0 spiro atoms. The van der Waals surface area contributed by atoms with Crippen molar-refractivity contribution in [3.63, 3.8) is 0 Å². The monoisotopic (exact) mass is 304 g/mol. The molecule has 0 aliphatic carbocycles. The molecular formula is C15H13BrO2. The highest BCUT2D eigenvalue weighted by molar-refractivity contribution is 9.10. The van der Waals surface area contributed by atoms with Crippen molar-refractivity contribution < 1.29 is 9.53 Å². The van der Waals surface area contributed by atoms with Gasteiger partial charge in [-0.1, -0.05) is 22.0 Å². The van der Waals surface area contributed by atoms with Gasteiger partial charge in [-0.05, 0) is 48.9 Å². The van der Waals surface area contributed by atoms with Crippen molar-refractivity contribution in [2.75, 3.05) is 7.11 Å². The van der Waals surface area contributed by atoms with Gasteiger partial charge >= 0.3 is 0 Å². The standard InChI is InChI=1S/C15H13BrO2/c1-10-3-8-13(14(16)9-10)15(17)11-4-6-12(18-2)7-5-11/h3-9H,1-2H3. The lowest BCUT2D eigenvalue weighted by Crippen LogP contribution is -2.02. The van der Waals surface area contributed by atoms with E-state index in [1.54, 1.807) is 31.4 Å². The number of halogens is 1. The summed E-state index contributed by atoms with van der Waals surface area (Å²) in [6, 6.07) is 12.8. The van der Waals surface area contributed by atoms with Crippen molar-refractivity contribution in [1.29, 1.82) is 0 Å². The van der Waals surface area contributed by atoms with Crippen LogP contribution in [0.1, 0.15) is 21.5 Å². The van der Waals surface area contributed by atoms with E-state index in [4.69, 9.17) is 4.74 Å². The molecule has 2 aromatic rings. The molecule has 0 atom stereocenters. The predicted molar refractivity (Wildman–Crippen MR) is 75.3 cm³/mol. The van der Waals surface area contributed by atoms with Crippen LogP contribution in [-0.2, 0) is 0 Å². The minimum atomic E-state index is 0.00419. The second-order valence-corrected chi connectivity index (χ2v) is 4.90. The van der Waals surface area contributed by atoms with Gasteiger partial charge in [0.25, 0.3) is 0 Å². The van der Waals surface area contributed by atoms with Crippen molar-refractivity contribution in [2.24, 2.45) is 0 Å². The van der Waals surface area contributed by atoms with Crippen LogP contribution in [0.25, 0.3) is 0 Å². The highest BCUT2D eigenvalue weighted by Crippen LogP contribution is 2.22. The highest BCUT2D eigenvalue weighted by atomic mass is 79.9. The van der Waals surface area contributed by atoms with Crippen LogP contribution in [0.4, 0.5) is 0 Å². The third kappa shape index (κ3) is 2.62. The SMILES string of the molecule is COc1ccc(C(=O)c2ccc(C)cc2Br)cc1. The van der Waals surface area contributed by atoms with Gasteiger partial charge in [0.1, 0.15) is 5.75 Å². The fraction of sp³-hybridized carbons (Fsp3) is 0.133. The van der Waals surface area contributed by atoms with Crippen molar-refractivity contribution in [1.82, 2.24) is 0 Å². The summed E-state index contributed by atoms with van der Waals surface area (Å²) in [5.74, 6) is 0.749. The van der Waals surface area contributed by atoms with Crippen LogP contribution < -0.4 is 4.74 Å². The molecule has 3 heteroatoms. The fourth-order valence-electron chi connectivity index (χ4n) is 1.70. The van der Waals surface area contributed by atoms with Gasteiger partial charge in [-0.2, -0.15) is 0 Å². The molecule has 0 aromatic heterocycles. The molecule has 2 nitrogen and oxygen atoms in total. The summed E-state index contributed by atoms with van der Waals surface area (Å²) in [7, 11) is 1.60. The number of ketones is 1. The Morgan fingerprint density at radius 3 is 2.33 bits per heavy atom. The van der Waals surface area contributed by atoms with Crippen molar-refractivity contribution >= 4 is 21.7 Å². The summed E-state index contributed by atoms with van der Waals surface area (Å²) >= 11 is 3.43. The van der Waals surface area contributed by atoms with E-state index >= 15 is 0 Å². The molecule has 0 aliphatic rings. The van der Waals surface area contributed by atoms with Gasteiger partial charge in [-0.3, -0.25) is 4.79 Å². The van der Waals surface area contributed by atoms with Gasteiger partial charge in [-0.15, -0.1) is 0 Å². The first-order valence-corrected chi connectivity index (χ1v) is 6.36. The van der Waals surface area contributed by atoms with Crippen LogP contribution in [0.3, 0.4) is 0 Å². The minimum absolute atomic E-state index is 0.00419.